The van der Waals surface area contributed by atoms with Gasteiger partial charge in [0, 0.05) is 148 Å². The quantitative estimate of drug-likeness (QED) is 0.0310. The van der Waals surface area contributed by atoms with Crippen LogP contribution in [0.2, 0.25) is 0 Å². The molecule has 0 spiro atoms. The molecule has 5 aromatic heterocycles. The van der Waals surface area contributed by atoms with Crippen LogP contribution < -0.4 is 14.2 Å². The van der Waals surface area contributed by atoms with Gasteiger partial charge in [-0.1, -0.05) is 157 Å². The van der Waals surface area contributed by atoms with Crippen LogP contribution in [0.1, 0.15) is 80.4 Å². The minimum absolute atomic E-state index is 0. The Hall–Kier alpha value is -12.5. The van der Waals surface area contributed by atoms with E-state index in [9.17, 15) is 50.3 Å². The Bertz CT molecular complexity index is 6280. The van der Waals surface area contributed by atoms with Gasteiger partial charge in [0.2, 0.25) is 0 Å². The summed E-state index contributed by atoms with van der Waals surface area (Å²) < 4.78 is 92.2. The number of fused-ring (bicyclic) bond motifs is 5. The van der Waals surface area contributed by atoms with Crippen molar-refractivity contribution in [1.29, 1.82) is 0 Å². The number of carbonyl (C=O) groups excluding carboxylic acids is 5. The van der Waals surface area contributed by atoms with Crippen LogP contribution in [0, 0.1) is 30.3 Å². The van der Waals surface area contributed by atoms with Gasteiger partial charge in [-0.25, -0.2) is 0 Å². The number of benzene rings is 10. The Labute approximate surface area is 842 Å². The van der Waals surface area contributed by atoms with Gasteiger partial charge in [0.15, 0.2) is 28.9 Å². The molecule has 0 saturated heterocycles. The van der Waals surface area contributed by atoms with Crippen molar-refractivity contribution in [2.75, 3.05) is 21.3 Å². The average molecular weight is 2710 g/mol. The third-order valence-electron chi connectivity index (χ3n) is 16.8. The van der Waals surface area contributed by atoms with E-state index in [0.717, 1.165) is 118 Å². The number of hydrogen-bond donors (Lipinski definition) is 5. The van der Waals surface area contributed by atoms with Gasteiger partial charge in [-0.2, -0.15) is 26.3 Å². The normalized spacial score (nSPS) is 10.7. The van der Waals surface area contributed by atoms with Crippen LogP contribution in [-0.2, 0) is 137 Å². The van der Waals surface area contributed by atoms with E-state index in [1.54, 1.807) is 51.7 Å². The van der Waals surface area contributed by atoms with Crippen molar-refractivity contribution in [3.05, 3.63) is 374 Å². The average Bonchev–Trinajstić information content (AvgIpc) is 0.794. The number of ether oxygens (including phenoxy) is 3. The summed E-state index contributed by atoms with van der Waals surface area (Å²) in [5.41, 5.74) is 9.95. The van der Waals surface area contributed by atoms with E-state index < -0.39 is 23.5 Å². The van der Waals surface area contributed by atoms with Gasteiger partial charge in [0.25, 0.3) is 0 Å². The molecule has 5 N–H and O–H groups in total. The molecule has 0 unspecified atom stereocenters. The Morgan fingerprint density at radius 3 is 0.888 bits per heavy atom. The molecule has 0 bridgehead atoms. The first-order chi connectivity index (χ1) is 61.3. The zero-order valence-corrected chi connectivity index (χ0v) is 86.5. The second kappa shape index (κ2) is 61.4. The van der Waals surface area contributed by atoms with Gasteiger partial charge in [0.05, 0.1) is 77.7 Å². The van der Waals surface area contributed by atoms with E-state index in [0.29, 0.717) is 16.8 Å². The summed E-state index contributed by atoms with van der Waals surface area (Å²) in [6, 6.07) is 97.5. The number of alkyl halides is 6. The molecule has 134 heavy (non-hydrogen) atoms. The maximum Gasteiger partial charge on any atom is 0.381 e. The fraction of sp³-hybridized carbons (Fsp3) is 0.143. The number of allylic oxidation sites excluding steroid dienone is 10. The van der Waals surface area contributed by atoms with Crippen molar-refractivity contribution in [3.63, 3.8) is 0 Å². The molecular weight excluding hydrogens is 2610 g/mol. The smallest absolute Gasteiger partial charge is 0.381 e. The molecule has 0 saturated carbocycles. The first kappa shape index (κ1) is 120. The number of hydrogen-bond acceptors (Lipinski definition) is 18. The number of aliphatic hydroxyl groups is 5. The third-order valence-corrected chi connectivity index (χ3v) is 16.8. The summed E-state index contributed by atoms with van der Waals surface area (Å²) in [7, 11) is 4.97. The zero-order chi connectivity index (χ0) is 94.8. The van der Waals surface area contributed by atoms with Crippen molar-refractivity contribution in [1.82, 2.24) is 24.9 Å². The van der Waals surface area contributed by atoms with Crippen LogP contribution in [-0.4, -0.2) is 101 Å². The van der Waals surface area contributed by atoms with Gasteiger partial charge in [-0.3, -0.25) is 48.9 Å². The van der Waals surface area contributed by atoms with Crippen molar-refractivity contribution >= 4 is 83.4 Å². The SMILES string of the molecule is CC(=O)C=C(C)O.CC(=O)C=C(C)O.CC(=O)C=C(C)O.CC(=O)C=C(C)O.CC(=O)C=C(C)O.COc1c[c-]c(-c2ccc3ccccc3n2)cc1.COc1cc[c-]c(-c2ccc3ccccc3n2)c1.COc1ccc[c-]c1-c1ccc2ccccc2n1.FC(F)(F)c1c[c-]c(-c2ccc3ccccc3n2)cc1.FC(F)(F)c1ccc[c-]c1-c1ccc2ccccc2n1.[Ir].[Ir].[Ir].[Ir].[Ir]. The molecule has 709 valence electrons. The molecule has 0 fully saturated rings. The number of nitrogens with zero attached hydrogens (tertiary/aromatic N) is 5. The Morgan fingerprint density at radius 2 is 0.597 bits per heavy atom. The molecule has 18 nitrogen and oxygen atoms in total. The molecule has 10 aromatic carbocycles. The standard InChI is InChI=1S/2C16H9F3N.3C16H12NO.5C5H8O2.5Ir/c17-16(18,19)13-7-3-2-6-12(13)15-10-9-11-5-1-4-8-14(11)20-15;17-16(18,19)13-8-5-12(6-9-13)15-10-7-11-3-1-2-4-14(11)20-15;1-18-16-9-5-3-7-13(16)15-11-10-12-6-2-4-8-14(12)17-15;1-18-14-7-4-6-13(11-14)16-10-9-12-5-2-3-8-15(12)17-16;1-18-14-9-6-13(7-10-14)16-11-8-12-4-2-3-5-15(12)17-16;5*1-4(6)3-5(2)7;;;;;/h2*1-5,7-10H;2-6,8-11H,1H3;2-5,7-11H,1H3;2-6,8-11H,1H3;5*3,6H,1-2H3;;;;;/q5*-1;;;;;;;;;;. The second-order valence-corrected chi connectivity index (χ2v) is 27.8. The maximum atomic E-state index is 13.0. The Balaban J connectivity index is 0.000000763. The van der Waals surface area contributed by atoms with Crippen molar-refractivity contribution in [3.8, 4) is 73.5 Å². The summed E-state index contributed by atoms with van der Waals surface area (Å²) in [4.78, 5) is 72.7. The summed E-state index contributed by atoms with van der Waals surface area (Å²) >= 11 is 0. The molecule has 0 atom stereocenters. The largest absolute Gasteiger partial charge is 0.540 e. The number of carbonyl (C=O) groups is 5. The molecular formula is C105H94F6Ir5N5O13-5. The van der Waals surface area contributed by atoms with E-state index in [-0.39, 0.29) is 169 Å². The van der Waals surface area contributed by atoms with E-state index in [2.05, 4.69) is 91.6 Å². The van der Waals surface area contributed by atoms with E-state index in [1.165, 1.54) is 118 Å². The van der Waals surface area contributed by atoms with Gasteiger partial charge in [-0.15, -0.1) is 144 Å². The zero-order valence-electron chi connectivity index (χ0n) is 74.5. The maximum absolute atomic E-state index is 13.0. The van der Waals surface area contributed by atoms with Gasteiger partial charge in [0.1, 0.15) is 0 Å². The summed E-state index contributed by atoms with van der Waals surface area (Å²) in [6.07, 6.45) is -2.92. The molecule has 5 heterocycles. The monoisotopic (exact) mass is 2710 g/mol. The minimum atomic E-state index is -4.42. The van der Waals surface area contributed by atoms with Crippen LogP contribution in [0.25, 0.3) is 111 Å². The van der Waals surface area contributed by atoms with Crippen molar-refractivity contribution < 1.29 is 191 Å². The minimum Gasteiger partial charge on any atom is -0.540 e. The van der Waals surface area contributed by atoms with Gasteiger partial charge in [-0.05, 0) is 166 Å². The fourth-order valence-corrected chi connectivity index (χ4v) is 11.4. The number of halogens is 6. The molecule has 0 aliphatic heterocycles. The number of pyridine rings is 5. The summed E-state index contributed by atoms with van der Waals surface area (Å²) in [5.74, 6) is 2.10. The van der Waals surface area contributed by atoms with Crippen LogP contribution in [0.15, 0.2) is 332 Å². The topological polar surface area (TPSA) is 279 Å². The Kier molecular flexibility index (Phi) is 54.7. The van der Waals surface area contributed by atoms with E-state index in [4.69, 9.17) is 39.7 Å². The molecule has 15 aromatic rings. The summed E-state index contributed by atoms with van der Waals surface area (Å²) in [6.45, 7) is 14.2. The predicted molar refractivity (Wildman–Crippen MR) is 495 cm³/mol. The number of ketones is 5. The van der Waals surface area contributed by atoms with E-state index >= 15 is 0 Å². The number of methoxy groups -OCH3 is 3. The number of aliphatic hydroxyl groups excluding tert-OH is 5. The van der Waals surface area contributed by atoms with Crippen LogP contribution >= 0.6 is 0 Å². The second-order valence-electron chi connectivity index (χ2n) is 27.8. The molecule has 15 rings (SSSR count). The first-order valence-electron chi connectivity index (χ1n) is 39.4. The van der Waals surface area contributed by atoms with Crippen molar-refractivity contribution in [2.45, 2.75) is 81.6 Å². The van der Waals surface area contributed by atoms with Gasteiger partial charge >= 0.3 is 12.4 Å². The molecule has 29 heteroatoms. The third kappa shape index (κ3) is 43.0. The Morgan fingerprint density at radius 1 is 0.291 bits per heavy atom. The number of aromatic nitrogens is 5. The number of rotatable bonds is 13. The first-order valence-corrected chi connectivity index (χ1v) is 39.4. The molecule has 0 aliphatic rings. The van der Waals surface area contributed by atoms with Crippen LogP contribution in [0.3, 0.4) is 0 Å². The fourth-order valence-electron chi connectivity index (χ4n) is 11.4. The molecule has 0 aliphatic carbocycles. The molecule has 0 amide bonds. The van der Waals surface area contributed by atoms with Crippen LogP contribution in [0.4, 0.5) is 26.3 Å². The predicted octanol–water partition coefficient (Wildman–Crippen LogP) is 25.7. The molecule has 5 radical (unpaired) electrons. The summed E-state index contributed by atoms with van der Waals surface area (Å²) in [5, 5.41) is 47.1. The van der Waals surface area contributed by atoms with Crippen LogP contribution in [0.5, 0.6) is 17.2 Å². The van der Waals surface area contributed by atoms with Gasteiger partial charge < -0.3 is 39.7 Å². The van der Waals surface area contributed by atoms with Crippen molar-refractivity contribution in [2.24, 2.45) is 0 Å². The van der Waals surface area contributed by atoms with E-state index in [1.807, 2.05) is 170 Å². The number of para-hydroxylation sites is 5.